The number of rotatable bonds is 5. The molecule has 0 aliphatic carbocycles. The number of hydrogen-bond donors (Lipinski definition) is 1. The van der Waals surface area contributed by atoms with Crippen LogP contribution in [0, 0.1) is 0 Å². The zero-order chi connectivity index (χ0) is 41.8. The maximum atomic E-state index is 10.8. The fourth-order valence-electron chi connectivity index (χ4n) is 3.30. The van der Waals surface area contributed by atoms with Gasteiger partial charge in [-0.25, -0.2) is 0 Å². The topological polar surface area (TPSA) is 20.2 Å². The van der Waals surface area contributed by atoms with Crippen LogP contribution in [0.25, 0.3) is 11.1 Å². The Bertz CT molecular complexity index is 2270. The third-order valence-electron chi connectivity index (χ3n) is 4.55. The maximum absolute atomic E-state index is 10.8. The minimum atomic E-state index is -6.24. The minimum Gasteiger partial charge on any atom is -0.508 e. The Kier molecular flexibility index (Phi) is 1.85. The summed E-state index contributed by atoms with van der Waals surface area (Å²) in [6, 6.07) is -26.8. The molecule has 154 valence electrons. The van der Waals surface area contributed by atoms with Crippen LogP contribution in [0.5, 0.6) is 5.75 Å². The summed E-state index contributed by atoms with van der Waals surface area (Å²) in [5, 5.41) is 6.38. The predicted octanol–water partition coefficient (Wildman–Crippen LogP) is 4.44. The van der Waals surface area contributed by atoms with Crippen molar-refractivity contribution in [2.24, 2.45) is 0 Å². The van der Waals surface area contributed by atoms with Gasteiger partial charge in [-0.1, -0.05) is 127 Å². The van der Waals surface area contributed by atoms with Gasteiger partial charge in [-0.3, -0.25) is 0 Å². The summed E-state index contributed by atoms with van der Waals surface area (Å²) in [4.78, 5) is 0. The van der Waals surface area contributed by atoms with Crippen molar-refractivity contribution in [3.8, 4) is 16.9 Å². The Balaban J connectivity index is 2.47. The summed E-state index contributed by atoms with van der Waals surface area (Å²) in [6.45, 7) is 0. The Morgan fingerprint density at radius 3 is 1.50 bits per heavy atom. The highest BCUT2D eigenvalue weighted by molar-refractivity contribution is 7.20. The Morgan fingerprint density at radius 2 is 0.969 bits per heavy atom. The molecule has 1 N–H and O–H groups in total. The second-order valence-electron chi connectivity index (χ2n) is 6.22. The highest BCUT2D eigenvalue weighted by Gasteiger charge is 2.42. The maximum Gasteiger partial charge on any atom is 0.180 e. The molecule has 0 heterocycles. The molecule has 0 atom stereocenters. The molecular weight excluding hydrogens is 404 g/mol. The molecule has 5 rings (SSSR count). The molecule has 0 aromatic heterocycles. The van der Waals surface area contributed by atoms with Gasteiger partial charge in [0.25, 0.3) is 0 Å². The van der Waals surface area contributed by atoms with E-state index in [0.717, 1.165) is 0 Å². The van der Waals surface area contributed by atoms with Gasteiger partial charge in [-0.05, 0) is 44.0 Å². The van der Waals surface area contributed by atoms with Crippen LogP contribution in [0.4, 0.5) is 0 Å². The molecule has 0 saturated carbocycles. The van der Waals surface area contributed by atoms with Gasteiger partial charge in [0.2, 0.25) is 0 Å². The first kappa shape index (κ1) is 6.81. The van der Waals surface area contributed by atoms with Crippen molar-refractivity contribution in [1.82, 2.24) is 0 Å². The number of phenolic OH excluding ortho intramolecular Hbond substituents is 1. The first-order valence-corrected chi connectivity index (χ1v) is 11.0. The lowest BCUT2D eigenvalue weighted by atomic mass is 10.1. The number of aromatic hydroxyl groups is 1. The van der Waals surface area contributed by atoms with Crippen molar-refractivity contribution in [2.45, 2.75) is 0 Å². The fourth-order valence-corrected chi connectivity index (χ4v) is 7.12. The van der Waals surface area contributed by atoms with Gasteiger partial charge in [0.1, 0.15) is 5.75 Å². The van der Waals surface area contributed by atoms with Gasteiger partial charge >= 0.3 is 0 Å². The van der Waals surface area contributed by atoms with Crippen molar-refractivity contribution in [2.75, 3.05) is 0 Å². The summed E-state index contributed by atoms with van der Waals surface area (Å²) >= 11 is 0. The van der Waals surface area contributed by atoms with Crippen LogP contribution in [-0.4, -0.2) is 13.2 Å². The Morgan fingerprint density at radius 1 is 0.500 bits per heavy atom. The summed E-state index contributed by atoms with van der Waals surface area (Å²) < 4.78 is 202. The average molecular weight is 452 g/mol. The first-order valence-electron chi connectivity index (χ1n) is 20.5. The van der Waals surface area contributed by atoms with E-state index in [-0.39, 0.29) is 0 Å². The zero-order valence-electron chi connectivity index (χ0n) is 38.9. The van der Waals surface area contributed by atoms with Crippen LogP contribution < -0.4 is 20.7 Å². The van der Waals surface area contributed by atoms with E-state index >= 15 is 0 Å². The molecule has 2 heteroatoms. The number of benzene rings is 5. The molecule has 0 spiro atoms. The zero-order valence-corrected chi connectivity index (χ0v) is 16.9. The van der Waals surface area contributed by atoms with Crippen molar-refractivity contribution in [1.29, 1.82) is 0 Å². The van der Waals surface area contributed by atoms with Gasteiger partial charge in [0, 0.05) is 0 Å². The fraction of sp³-hybridized carbons (Fsp3) is 0. The van der Waals surface area contributed by atoms with Crippen molar-refractivity contribution in [3.05, 3.63) is 139 Å². The van der Waals surface area contributed by atoms with Crippen LogP contribution in [-0.2, 0) is 0 Å². The normalized spacial score (nSPS) is 21.3. The molecule has 0 radical (unpaired) electrons. The molecule has 32 heavy (non-hydrogen) atoms. The molecule has 0 aliphatic heterocycles. The van der Waals surface area contributed by atoms with E-state index in [4.69, 9.17) is 21.9 Å². The van der Waals surface area contributed by atoms with Crippen molar-refractivity contribution >= 4 is 28.8 Å². The van der Waals surface area contributed by atoms with Crippen LogP contribution in [0.1, 0.15) is 31.5 Å². The van der Waals surface area contributed by atoms with E-state index < -0.39 is 185 Å². The molecule has 5 aromatic carbocycles. The lowest BCUT2D eigenvalue weighted by molar-refractivity contribution is 0.475. The van der Waals surface area contributed by atoms with Gasteiger partial charge in [-0.15, -0.1) is 0 Å². The minimum absolute atomic E-state index is 1.04. The quantitative estimate of drug-likeness (QED) is 0.309. The molecule has 0 amide bonds. The van der Waals surface area contributed by atoms with Crippen LogP contribution in [0.2, 0.25) is 0 Å². The number of hydrogen-bond acceptors (Lipinski definition) is 1. The van der Waals surface area contributed by atoms with E-state index in [2.05, 4.69) is 0 Å². The molecule has 0 unspecified atom stereocenters. The molecule has 0 saturated heterocycles. The lowest BCUT2D eigenvalue weighted by Crippen LogP contribution is -2.75. The summed E-state index contributed by atoms with van der Waals surface area (Å²) in [7, 11) is -6.24. The molecule has 0 bridgehead atoms. The second kappa shape index (κ2) is 8.70. The van der Waals surface area contributed by atoms with Gasteiger partial charge in [0.15, 0.2) is 8.07 Å². The smallest absolute Gasteiger partial charge is 0.180 e. The molecule has 0 fully saturated rings. The second-order valence-corrected chi connectivity index (χ2v) is 9.72. The van der Waals surface area contributed by atoms with Crippen molar-refractivity contribution < 1.29 is 36.6 Å². The van der Waals surface area contributed by atoms with E-state index in [1.807, 2.05) is 0 Å². The molecule has 1 nitrogen and oxygen atoms in total. The van der Waals surface area contributed by atoms with Crippen molar-refractivity contribution in [3.63, 3.8) is 0 Å². The molecule has 0 aliphatic rings. The highest BCUT2D eigenvalue weighted by Crippen LogP contribution is 2.24. The monoisotopic (exact) mass is 451 g/mol. The number of phenols is 1. The van der Waals surface area contributed by atoms with Crippen LogP contribution in [0.3, 0.4) is 0 Å². The van der Waals surface area contributed by atoms with Crippen LogP contribution >= 0.6 is 0 Å². The van der Waals surface area contributed by atoms with E-state index in [1.54, 1.807) is 0 Å². The standard InChI is InChI=1S/C30H24OSi/c31-25-14-12-13-24(23-25)29-21-10-11-22-30(29)32(26-15-4-1-5-16-26,27-17-6-2-7-18-27)28-19-8-3-9-20-28/h1-23,31H/i1D,2D,3D,4D,5D,6D,7D,8D,9D,10D,11D,12D,13D,14D,15D,16D,17D,18D,19D,20D,21D,22D,23D. The van der Waals surface area contributed by atoms with Gasteiger partial charge in [-0.2, -0.15) is 0 Å². The summed E-state index contributed by atoms with van der Waals surface area (Å²) in [5.41, 5.74) is -2.12. The SMILES string of the molecule is [2H]c1c([2H])c([2H])c([Si](c2c([2H])c([2H])c([2H])c([2H])c2[2H])(c2c([2H])c([2H])c([2H])c([2H])c2[2H])c2c([2H])c([2H])c([2H])c([2H])c2-c2c([2H])c([2H])c([2H])c(O)c2[2H])c([2H])c1[2H]. The lowest BCUT2D eigenvalue weighted by Gasteiger charge is -2.36. The Labute approximate surface area is 222 Å². The van der Waals surface area contributed by atoms with Gasteiger partial charge < -0.3 is 5.11 Å². The Hall–Kier alpha value is -3.88. The third-order valence-corrected chi connectivity index (χ3v) is 8.67. The van der Waals surface area contributed by atoms with Gasteiger partial charge in [0.05, 0.1) is 31.5 Å². The third kappa shape index (κ3) is 3.45. The predicted molar refractivity (Wildman–Crippen MR) is 137 cm³/mol. The summed E-state index contributed by atoms with van der Waals surface area (Å²) in [6.07, 6.45) is 0. The van der Waals surface area contributed by atoms with E-state index in [1.165, 1.54) is 0 Å². The average Bonchev–Trinajstić information content (AvgIpc) is 3.15. The van der Waals surface area contributed by atoms with E-state index in [9.17, 15) is 14.7 Å². The van der Waals surface area contributed by atoms with Crippen LogP contribution in [0.15, 0.2) is 139 Å². The largest absolute Gasteiger partial charge is 0.508 e. The molecule has 5 aromatic rings. The van der Waals surface area contributed by atoms with E-state index in [0.29, 0.717) is 0 Å². The highest BCUT2D eigenvalue weighted by atomic mass is 28.3. The first-order chi connectivity index (χ1) is 25.3. The molecular formula is C30H24OSi. The summed E-state index contributed by atoms with van der Waals surface area (Å²) in [5.74, 6) is -1.28.